The second-order valence-corrected chi connectivity index (χ2v) is 2.31. The van der Waals surface area contributed by atoms with Crippen LogP contribution in [0.4, 0.5) is 0 Å². The average Bonchev–Trinajstić information content (AvgIpc) is 1.96. The number of hydrogen-bond donors (Lipinski definition) is 2. The molecule has 7 heteroatoms. The molecule has 0 aromatic heterocycles. The fraction of sp³-hybridized carbons (Fsp3) is 0.200. The Morgan fingerprint density at radius 1 is 1.67 bits per heavy atom. The standard InChI is InChI=1S/C5H5N3O3S/c6-1-3(5(7)11)8-12-2-4(9)10/h2H2,(H2,7,11)(H,9,10)/b8-3+. The number of hydrogen-bond acceptors (Lipinski definition) is 5. The van der Waals surface area contributed by atoms with Crippen molar-refractivity contribution in [1.29, 1.82) is 5.26 Å². The van der Waals surface area contributed by atoms with E-state index in [1.54, 1.807) is 0 Å². The summed E-state index contributed by atoms with van der Waals surface area (Å²) in [6.07, 6.45) is 0. The molecular weight excluding hydrogens is 182 g/mol. The van der Waals surface area contributed by atoms with E-state index in [9.17, 15) is 9.59 Å². The van der Waals surface area contributed by atoms with Crippen molar-refractivity contribution in [3.63, 3.8) is 0 Å². The molecule has 0 aliphatic rings. The predicted octanol–water partition coefficient (Wildman–Crippen LogP) is -0.831. The van der Waals surface area contributed by atoms with Gasteiger partial charge in [-0.15, -0.1) is 0 Å². The second kappa shape index (κ2) is 5.15. The van der Waals surface area contributed by atoms with Crippen LogP contribution in [-0.4, -0.2) is 28.4 Å². The number of primary amides is 1. The Bertz CT molecular complexity index is 268. The Balaban J connectivity index is 4.07. The monoisotopic (exact) mass is 187 g/mol. The van der Waals surface area contributed by atoms with Gasteiger partial charge in [0.2, 0.25) is 5.71 Å². The van der Waals surface area contributed by atoms with Crippen molar-refractivity contribution in [2.45, 2.75) is 0 Å². The van der Waals surface area contributed by atoms with E-state index in [1.807, 2.05) is 0 Å². The molecule has 0 rings (SSSR count). The lowest BCUT2D eigenvalue weighted by Crippen LogP contribution is -2.21. The molecular formula is C5H5N3O3S. The van der Waals surface area contributed by atoms with Crippen molar-refractivity contribution in [1.82, 2.24) is 0 Å². The number of nitrogens with zero attached hydrogens (tertiary/aromatic N) is 2. The summed E-state index contributed by atoms with van der Waals surface area (Å²) in [7, 11) is 0. The summed E-state index contributed by atoms with van der Waals surface area (Å²) in [5.74, 6) is -2.35. The van der Waals surface area contributed by atoms with Crippen molar-refractivity contribution in [3.8, 4) is 6.07 Å². The molecule has 12 heavy (non-hydrogen) atoms. The van der Waals surface area contributed by atoms with Gasteiger partial charge in [0, 0.05) is 0 Å². The summed E-state index contributed by atoms with van der Waals surface area (Å²) in [5, 5.41) is 16.4. The molecule has 0 atom stereocenters. The maximum atomic E-state index is 10.3. The number of carboxylic acid groups (broad SMARTS) is 1. The fourth-order valence-corrected chi connectivity index (χ4v) is 0.707. The number of amides is 1. The summed E-state index contributed by atoms with van der Waals surface area (Å²) >= 11 is 0.587. The van der Waals surface area contributed by atoms with Crippen LogP contribution in [-0.2, 0) is 9.59 Å². The summed E-state index contributed by atoms with van der Waals surface area (Å²) in [6, 6.07) is 1.44. The van der Waals surface area contributed by atoms with Gasteiger partial charge in [0.25, 0.3) is 5.91 Å². The molecule has 0 saturated heterocycles. The average molecular weight is 187 g/mol. The number of aliphatic carboxylic acids is 1. The van der Waals surface area contributed by atoms with Crippen molar-refractivity contribution in [2.24, 2.45) is 10.1 Å². The molecule has 1 amide bonds. The molecule has 0 aromatic rings. The van der Waals surface area contributed by atoms with E-state index in [0.717, 1.165) is 0 Å². The quantitative estimate of drug-likeness (QED) is 0.440. The summed E-state index contributed by atoms with van der Waals surface area (Å²) in [5.41, 5.74) is 4.23. The van der Waals surface area contributed by atoms with Crippen LogP contribution in [0.1, 0.15) is 0 Å². The van der Waals surface area contributed by atoms with Gasteiger partial charge in [0.1, 0.15) is 11.8 Å². The third kappa shape index (κ3) is 4.29. The maximum Gasteiger partial charge on any atom is 0.315 e. The first-order valence-corrected chi connectivity index (χ1v) is 3.64. The van der Waals surface area contributed by atoms with E-state index >= 15 is 0 Å². The molecule has 0 bridgehead atoms. The Morgan fingerprint density at radius 2 is 2.25 bits per heavy atom. The van der Waals surface area contributed by atoms with Gasteiger partial charge in [0.05, 0.1) is 0 Å². The van der Waals surface area contributed by atoms with Crippen LogP contribution in [0.25, 0.3) is 0 Å². The van der Waals surface area contributed by atoms with E-state index in [2.05, 4.69) is 4.40 Å². The molecule has 0 aliphatic heterocycles. The minimum Gasteiger partial charge on any atom is -0.481 e. The van der Waals surface area contributed by atoms with Crippen LogP contribution in [0.5, 0.6) is 0 Å². The second-order valence-electron chi connectivity index (χ2n) is 1.58. The zero-order chi connectivity index (χ0) is 9.56. The molecule has 0 aromatic carbocycles. The predicted molar refractivity (Wildman–Crippen MR) is 42.3 cm³/mol. The first-order valence-electron chi connectivity index (χ1n) is 2.69. The van der Waals surface area contributed by atoms with E-state index in [1.165, 1.54) is 6.07 Å². The summed E-state index contributed by atoms with van der Waals surface area (Å²) < 4.78 is 3.30. The Labute approximate surface area is 72.2 Å². The third-order valence-corrected chi connectivity index (χ3v) is 1.37. The number of nitriles is 1. The van der Waals surface area contributed by atoms with Crippen LogP contribution < -0.4 is 5.73 Å². The van der Waals surface area contributed by atoms with Gasteiger partial charge < -0.3 is 10.8 Å². The highest BCUT2D eigenvalue weighted by Crippen LogP contribution is 2.01. The summed E-state index contributed by atoms with van der Waals surface area (Å²) in [6.45, 7) is 0. The lowest BCUT2D eigenvalue weighted by molar-refractivity contribution is -0.133. The zero-order valence-electron chi connectivity index (χ0n) is 5.85. The van der Waals surface area contributed by atoms with E-state index in [4.69, 9.17) is 16.1 Å². The number of carbonyl (C=O) groups is 2. The molecule has 0 radical (unpaired) electrons. The van der Waals surface area contributed by atoms with E-state index in [-0.39, 0.29) is 5.75 Å². The van der Waals surface area contributed by atoms with Crippen molar-refractivity contribution in [2.75, 3.05) is 5.75 Å². The molecule has 6 nitrogen and oxygen atoms in total. The van der Waals surface area contributed by atoms with Crippen molar-refractivity contribution >= 4 is 29.5 Å². The Morgan fingerprint density at radius 3 is 2.58 bits per heavy atom. The van der Waals surface area contributed by atoms with Crippen LogP contribution in [0.15, 0.2) is 4.40 Å². The van der Waals surface area contributed by atoms with Gasteiger partial charge in [-0.25, -0.2) is 0 Å². The smallest absolute Gasteiger partial charge is 0.315 e. The summed E-state index contributed by atoms with van der Waals surface area (Å²) in [4.78, 5) is 20.3. The number of carbonyl (C=O) groups excluding carboxylic acids is 1. The maximum absolute atomic E-state index is 10.3. The minimum atomic E-state index is -1.08. The zero-order valence-corrected chi connectivity index (χ0v) is 6.67. The lowest BCUT2D eigenvalue weighted by atomic mass is 10.4. The fourth-order valence-electron chi connectivity index (χ4n) is 0.273. The lowest BCUT2D eigenvalue weighted by Gasteiger charge is -1.89. The highest BCUT2D eigenvalue weighted by atomic mass is 32.2. The van der Waals surface area contributed by atoms with Crippen molar-refractivity contribution in [3.05, 3.63) is 0 Å². The molecule has 64 valence electrons. The highest BCUT2D eigenvalue weighted by Gasteiger charge is 2.05. The molecule has 0 heterocycles. The molecule has 0 fully saturated rings. The van der Waals surface area contributed by atoms with Crippen LogP contribution in [0.2, 0.25) is 0 Å². The normalized spacial score (nSPS) is 10.4. The SMILES string of the molecule is N#C/C(=N\SCC(=O)O)C(N)=O. The van der Waals surface area contributed by atoms with Gasteiger partial charge in [-0.2, -0.15) is 9.66 Å². The van der Waals surface area contributed by atoms with E-state index in [0.29, 0.717) is 11.9 Å². The minimum absolute atomic E-state index is 0.307. The van der Waals surface area contributed by atoms with Gasteiger partial charge in [0.15, 0.2) is 0 Å². The molecule has 0 aliphatic carbocycles. The first-order chi connectivity index (χ1) is 5.57. The highest BCUT2D eigenvalue weighted by molar-refractivity contribution is 7.98. The van der Waals surface area contributed by atoms with Gasteiger partial charge in [-0.1, -0.05) is 0 Å². The van der Waals surface area contributed by atoms with Gasteiger partial charge in [-0.3, -0.25) is 9.59 Å². The number of rotatable bonds is 4. The molecule has 3 N–H and O–H groups in total. The topological polar surface area (TPSA) is 117 Å². The largest absolute Gasteiger partial charge is 0.481 e. The van der Waals surface area contributed by atoms with Gasteiger partial charge >= 0.3 is 5.97 Å². The van der Waals surface area contributed by atoms with Crippen molar-refractivity contribution < 1.29 is 14.7 Å². The third-order valence-electron chi connectivity index (χ3n) is 0.683. The number of carboxylic acids is 1. The van der Waals surface area contributed by atoms with Crippen LogP contribution in [0, 0.1) is 11.3 Å². The molecule has 0 spiro atoms. The van der Waals surface area contributed by atoms with Crippen LogP contribution >= 0.6 is 11.9 Å². The Hall–Kier alpha value is -1.55. The first kappa shape index (κ1) is 10.4. The van der Waals surface area contributed by atoms with Gasteiger partial charge in [-0.05, 0) is 11.9 Å². The number of nitrogens with two attached hydrogens (primary N) is 1. The molecule has 0 saturated carbocycles. The Kier molecular flexibility index (Phi) is 4.48. The van der Waals surface area contributed by atoms with E-state index < -0.39 is 17.6 Å². The molecule has 0 unspecified atom stereocenters. The van der Waals surface area contributed by atoms with Crippen LogP contribution in [0.3, 0.4) is 0 Å².